The fourth-order valence-electron chi connectivity index (χ4n) is 9.95. The molecular weight excluding hydrogens is 533 g/mol. The summed E-state index contributed by atoms with van der Waals surface area (Å²) < 4.78 is 7.81. The third-order valence-corrected chi connectivity index (χ3v) is 16.1. The van der Waals surface area contributed by atoms with E-state index >= 15 is 0 Å². The number of hydrogen-bond donors (Lipinski definition) is 0. The van der Waals surface area contributed by atoms with Crippen LogP contribution in [0.4, 0.5) is 0 Å². The smallest absolute Gasteiger partial charge is 0.288 e. The number of hydrogen-bond acceptors (Lipinski definition) is 3. The molecule has 3 saturated carbocycles. The lowest BCUT2D eigenvalue weighted by Gasteiger charge is -2.58. The van der Waals surface area contributed by atoms with Crippen molar-refractivity contribution in [2.24, 2.45) is 28.6 Å². The second-order valence-electron chi connectivity index (χ2n) is 13.6. The van der Waals surface area contributed by atoms with Crippen molar-refractivity contribution in [2.75, 3.05) is 0 Å². The molecule has 216 valence electrons. The van der Waals surface area contributed by atoms with E-state index in [1.165, 1.54) is 27.4 Å². The van der Waals surface area contributed by atoms with Crippen LogP contribution in [-0.2, 0) is 14.0 Å². The zero-order valence-electron chi connectivity index (χ0n) is 24.9. The molecule has 6 atom stereocenters. The van der Waals surface area contributed by atoms with Crippen LogP contribution in [0.5, 0.6) is 0 Å². The van der Waals surface area contributed by atoms with Crippen LogP contribution in [0.2, 0.25) is 0 Å². The number of ketones is 1. The van der Waals surface area contributed by atoms with Crippen molar-refractivity contribution in [3.05, 3.63) is 102 Å². The lowest BCUT2D eigenvalue weighted by Crippen LogP contribution is -2.71. The highest BCUT2D eigenvalue weighted by Gasteiger charge is 2.62. The second-order valence-corrected chi connectivity index (χ2v) is 16.9. The maximum Gasteiger partial charge on any atom is 0.288 e. The van der Waals surface area contributed by atoms with Crippen LogP contribution in [0, 0.1) is 28.6 Å². The van der Waals surface area contributed by atoms with E-state index in [2.05, 4.69) is 97.9 Å². The molecule has 4 heteroatoms. The molecule has 3 fully saturated rings. The van der Waals surface area contributed by atoms with Gasteiger partial charge in [-0.15, -0.1) is 0 Å². The molecule has 4 aliphatic carbocycles. The van der Waals surface area contributed by atoms with Crippen molar-refractivity contribution >= 4 is 35.9 Å². The fourth-order valence-corrected chi connectivity index (χ4v) is 14.2. The summed E-state index contributed by atoms with van der Waals surface area (Å²) in [4.78, 5) is 25.6. The van der Waals surface area contributed by atoms with Gasteiger partial charge in [0.25, 0.3) is 8.32 Å². The predicted molar refractivity (Wildman–Crippen MR) is 171 cm³/mol. The Hall–Kier alpha value is -3.08. The van der Waals surface area contributed by atoms with Gasteiger partial charge in [-0.05, 0) is 96.2 Å². The number of aldehydes is 1. The molecule has 0 aliphatic heterocycles. The highest BCUT2D eigenvalue weighted by Crippen LogP contribution is 2.66. The van der Waals surface area contributed by atoms with Gasteiger partial charge in [-0.2, -0.15) is 0 Å². The Morgan fingerprint density at radius 3 is 1.86 bits per heavy atom. The molecule has 4 aliphatic rings. The Morgan fingerprint density at radius 1 is 0.738 bits per heavy atom. The third kappa shape index (κ3) is 4.01. The van der Waals surface area contributed by atoms with Crippen molar-refractivity contribution in [3.8, 4) is 0 Å². The summed E-state index contributed by atoms with van der Waals surface area (Å²) in [5, 5.41) is 3.87. The average Bonchev–Trinajstić information content (AvgIpc) is 3.38. The van der Waals surface area contributed by atoms with Crippen molar-refractivity contribution in [3.63, 3.8) is 0 Å². The summed E-state index contributed by atoms with van der Waals surface area (Å²) in [6.45, 7) is 4.48. The monoisotopic (exact) mass is 574 g/mol. The molecule has 3 nitrogen and oxygen atoms in total. The van der Waals surface area contributed by atoms with Crippen molar-refractivity contribution in [2.45, 2.75) is 71.3 Å². The van der Waals surface area contributed by atoms with Crippen molar-refractivity contribution in [1.82, 2.24) is 0 Å². The first-order chi connectivity index (χ1) is 20.4. The summed E-state index contributed by atoms with van der Waals surface area (Å²) >= 11 is 0. The number of allylic oxidation sites excluding steroid dienone is 1. The molecule has 0 radical (unpaired) electrons. The summed E-state index contributed by atoms with van der Waals surface area (Å²) in [5.41, 5.74) is 1.69. The summed E-state index contributed by atoms with van der Waals surface area (Å²) in [6.07, 6.45) is 8.94. The maximum atomic E-state index is 13.0. The fraction of sp³-hybridized carbons (Fsp3) is 0.421. The molecule has 0 aromatic heterocycles. The van der Waals surface area contributed by atoms with E-state index in [0.29, 0.717) is 30.6 Å². The Labute approximate surface area is 251 Å². The average molecular weight is 575 g/mol. The van der Waals surface area contributed by atoms with Gasteiger partial charge in [-0.3, -0.25) is 4.79 Å². The van der Waals surface area contributed by atoms with Crippen LogP contribution in [0.3, 0.4) is 0 Å². The molecule has 0 heterocycles. The van der Waals surface area contributed by atoms with Crippen LogP contribution in [0.1, 0.15) is 65.2 Å². The highest BCUT2D eigenvalue weighted by molar-refractivity contribution is 7.07. The molecule has 0 amide bonds. The van der Waals surface area contributed by atoms with E-state index in [-0.39, 0.29) is 17.3 Å². The number of carbonyl (C=O) groups excluding carboxylic acids is 2. The Morgan fingerprint density at radius 2 is 1.31 bits per heavy atom. The zero-order chi connectivity index (χ0) is 29.0. The van der Waals surface area contributed by atoms with Crippen LogP contribution in [-0.4, -0.2) is 26.5 Å². The molecule has 0 bridgehead atoms. The standard InChI is InChI=1S/C38H42O3Si/c1-27-32-19-18-31-33-20-21-36(37(33,2)24-22-34(31)38(32,26-39)25-23-35(27)40)41-42(28-12-6-3-7-13-28,29-14-8-4-9-15-29)30-16-10-5-11-17-30/h3-17,26,31,33-34,36H,18-25H2,1-2H3/t31-,33-,34-,36-,37-,38+/m0/s1. The van der Waals surface area contributed by atoms with E-state index in [1.54, 1.807) is 0 Å². The molecule has 7 rings (SSSR count). The Kier molecular flexibility index (Phi) is 6.98. The maximum absolute atomic E-state index is 13.0. The summed E-state index contributed by atoms with van der Waals surface area (Å²) in [7, 11) is -2.82. The van der Waals surface area contributed by atoms with Gasteiger partial charge < -0.3 is 9.22 Å². The Balaban J connectivity index is 1.29. The third-order valence-electron chi connectivity index (χ3n) is 12.0. The molecule has 3 aromatic carbocycles. The Bertz CT molecular complexity index is 1400. The SMILES string of the molecule is CC1=C2CC[C@H]3[C@@H]4CC[C@H](O[Si](c5ccccc5)(c5ccccc5)c5ccccc5)[C@@]4(C)CC[C@@H]3[C@@]2(C=O)CCC1=O. The van der Waals surface area contributed by atoms with E-state index in [1.807, 2.05) is 6.92 Å². The molecule has 42 heavy (non-hydrogen) atoms. The van der Waals surface area contributed by atoms with Crippen LogP contribution < -0.4 is 15.6 Å². The van der Waals surface area contributed by atoms with Crippen LogP contribution >= 0.6 is 0 Å². The largest absolute Gasteiger partial charge is 0.401 e. The lowest BCUT2D eigenvalue weighted by atomic mass is 9.46. The zero-order valence-corrected chi connectivity index (χ0v) is 25.9. The van der Waals surface area contributed by atoms with Gasteiger partial charge in [0.05, 0.1) is 11.5 Å². The molecule has 0 N–H and O–H groups in total. The van der Waals surface area contributed by atoms with Gasteiger partial charge >= 0.3 is 0 Å². The van der Waals surface area contributed by atoms with Gasteiger partial charge in [0.15, 0.2) is 5.78 Å². The van der Waals surface area contributed by atoms with E-state index < -0.39 is 13.7 Å². The minimum absolute atomic E-state index is 0.0581. The number of benzene rings is 3. The minimum atomic E-state index is -2.82. The van der Waals surface area contributed by atoms with Crippen LogP contribution in [0.15, 0.2) is 102 Å². The van der Waals surface area contributed by atoms with Crippen LogP contribution in [0.25, 0.3) is 0 Å². The number of Topliss-reactive ketones (excluding diaryl/α,β-unsaturated/α-hetero) is 1. The van der Waals surface area contributed by atoms with Gasteiger partial charge in [0.2, 0.25) is 0 Å². The predicted octanol–water partition coefficient (Wildman–Crippen LogP) is 6.14. The number of fused-ring (bicyclic) bond motifs is 5. The highest BCUT2D eigenvalue weighted by atomic mass is 28.4. The molecular formula is C38H42O3Si. The van der Waals surface area contributed by atoms with Crippen molar-refractivity contribution in [1.29, 1.82) is 0 Å². The topological polar surface area (TPSA) is 43.4 Å². The normalized spacial score (nSPS) is 32.6. The lowest BCUT2D eigenvalue weighted by molar-refractivity contribution is -0.130. The van der Waals surface area contributed by atoms with Crippen molar-refractivity contribution < 1.29 is 14.0 Å². The summed E-state index contributed by atoms with van der Waals surface area (Å²) in [5.74, 6) is 1.64. The molecule has 0 spiro atoms. The van der Waals surface area contributed by atoms with E-state index in [9.17, 15) is 9.59 Å². The minimum Gasteiger partial charge on any atom is -0.401 e. The number of carbonyl (C=O) groups is 2. The first-order valence-corrected chi connectivity index (χ1v) is 17.9. The first-order valence-electron chi connectivity index (χ1n) is 16.0. The van der Waals surface area contributed by atoms with Gasteiger partial charge in [0, 0.05) is 6.42 Å². The van der Waals surface area contributed by atoms with Gasteiger partial charge in [-0.25, -0.2) is 0 Å². The summed E-state index contributed by atoms with van der Waals surface area (Å²) in [6, 6.07) is 32.8. The first kappa shape index (κ1) is 27.7. The molecule has 0 saturated heterocycles. The van der Waals surface area contributed by atoms with Gasteiger partial charge in [0.1, 0.15) is 6.29 Å². The molecule has 3 aromatic rings. The number of rotatable bonds is 6. The molecule has 0 unspecified atom stereocenters. The second kappa shape index (κ2) is 10.6. The van der Waals surface area contributed by atoms with Gasteiger partial charge in [-0.1, -0.05) is 103 Å². The van der Waals surface area contributed by atoms with E-state index in [4.69, 9.17) is 4.43 Å². The van der Waals surface area contributed by atoms with E-state index in [0.717, 1.165) is 44.1 Å². The quantitative estimate of drug-likeness (QED) is 0.202.